The first-order valence-corrected chi connectivity index (χ1v) is 10.2. The van der Waals surface area contributed by atoms with E-state index in [0.717, 1.165) is 37.2 Å². The molecule has 1 atom stereocenters. The van der Waals surface area contributed by atoms with Crippen LogP contribution in [0.1, 0.15) is 30.4 Å². The summed E-state index contributed by atoms with van der Waals surface area (Å²) in [5.74, 6) is -0.233. The molecule has 2 N–H and O–H groups in total. The molecule has 2 amide bonds. The molecule has 0 radical (unpaired) electrons. The van der Waals surface area contributed by atoms with Gasteiger partial charge >= 0.3 is 0 Å². The number of aryl methyl sites for hydroxylation is 2. The van der Waals surface area contributed by atoms with Crippen molar-refractivity contribution in [1.29, 1.82) is 0 Å². The predicted molar refractivity (Wildman–Crippen MR) is 111 cm³/mol. The third-order valence-corrected chi connectivity index (χ3v) is 5.65. The van der Waals surface area contributed by atoms with Gasteiger partial charge in [-0.05, 0) is 61.1 Å². The van der Waals surface area contributed by atoms with Gasteiger partial charge < -0.3 is 15.5 Å². The Morgan fingerprint density at radius 1 is 1.04 bits per heavy atom. The number of hydrogen-bond acceptors (Lipinski definition) is 3. The van der Waals surface area contributed by atoms with Crippen LogP contribution in [0.3, 0.4) is 0 Å². The molecule has 146 valence electrons. The number of carbonyl (C=O) groups excluding carboxylic acids is 2. The molecule has 2 aromatic rings. The lowest BCUT2D eigenvalue weighted by atomic mass is 10.1. The van der Waals surface area contributed by atoms with Crippen LogP contribution < -0.4 is 15.5 Å². The fourth-order valence-electron chi connectivity index (χ4n) is 4.09. The molecule has 2 aliphatic rings. The molecule has 1 aliphatic heterocycles. The largest absolute Gasteiger partial charge is 0.385 e. The maximum absolute atomic E-state index is 12.5. The van der Waals surface area contributed by atoms with E-state index in [9.17, 15) is 9.59 Å². The highest BCUT2D eigenvalue weighted by molar-refractivity contribution is 6.00. The van der Waals surface area contributed by atoms with E-state index in [-0.39, 0.29) is 17.7 Å². The van der Waals surface area contributed by atoms with E-state index in [2.05, 4.69) is 22.8 Å². The van der Waals surface area contributed by atoms with E-state index in [1.807, 2.05) is 36.4 Å². The lowest BCUT2D eigenvalue weighted by molar-refractivity contribution is -0.126. The zero-order chi connectivity index (χ0) is 19.3. The Balaban J connectivity index is 1.24. The fraction of sp³-hybridized carbons (Fsp3) is 0.391. The summed E-state index contributed by atoms with van der Waals surface area (Å²) < 4.78 is 0. The van der Waals surface area contributed by atoms with Crippen molar-refractivity contribution < 1.29 is 9.59 Å². The Morgan fingerprint density at radius 3 is 2.71 bits per heavy atom. The molecule has 1 aliphatic carbocycles. The van der Waals surface area contributed by atoms with Crippen molar-refractivity contribution in [2.45, 2.75) is 32.1 Å². The minimum absolute atomic E-state index is 0.0169. The van der Waals surface area contributed by atoms with Crippen LogP contribution in [-0.2, 0) is 22.4 Å². The minimum atomic E-state index is -0.261. The van der Waals surface area contributed by atoms with E-state index in [4.69, 9.17) is 0 Å². The molecular formula is C23H27N3O2. The molecule has 0 bridgehead atoms. The van der Waals surface area contributed by atoms with Crippen LogP contribution in [0, 0.1) is 5.92 Å². The van der Waals surface area contributed by atoms with E-state index < -0.39 is 0 Å². The highest BCUT2D eigenvalue weighted by atomic mass is 16.2. The highest BCUT2D eigenvalue weighted by Crippen LogP contribution is 2.30. The normalized spacial score (nSPS) is 18.2. The van der Waals surface area contributed by atoms with Crippen LogP contribution in [0.4, 0.5) is 11.4 Å². The number of carbonyl (C=O) groups is 2. The van der Waals surface area contributed by atoms with E-state index >= 15 is 0 Å². The molecule has 5 heteroatoms. The van der Waals surface area contributed by atoms with Crippen LogP contribution in [0.15, 0.2) is 48.5 Å². The molecule has 1 unspecified atom stereocenters. The summed E-state index contributed by atoms with van der Waals surface area (Å²) in [4.78, 5) is 26.7. The second-order valence-electron chi connectivity index (χ2n) is 7.65. The van der Waals surface area contributed by atoms with Crippen molar-refractivity contribution in [2.75, 3.05) is 29.9 Å². The van der Waals surface area contributed by atoms with Crippen LogP contribution in [-0.4, -0.2) is 31.4 Å². The lowest BCUT2D eigenvalue weighted by Crippen LogP contribution is -2.34. The standard InChI is InChI=1S/C23H27N3O2/c27-22-15-19(16-26(22)21-11-10-17-6-4-7-18(17)14-21)23(28)25-13-5-12-24-20-8-2-1-3-9-20/h1-3,8-11,14,19,24H,4-7,12-13,15-16H2,(H,25,28). The Morgan fingerprint density at radius 2 is 1.86 bits per heavy atom. The summed E-state index contributed by atoms with van der Waals surface area (Å²) in [6.07, 6.45) is 4.55. The van der Waals surface area contributed by atoms with Gasteiger partial charge in [-0.1, -0.05) is 24.3 Å². The molecule has 2 aromatic carbocycles. The van der Waals surface area contributed by atoms with Gasteiger partial charge in [-0.15, -0.1) is 0 Å². The maximum Gasteiger partial charge on any atom is 0.227 e. The van der Waals surface area contributed by atoms with Crippen LogP contribution in [0.5, 0.6) is 0 Å². The summed E-state index contributed by atoms with van der Waals surface area (Å²) in [7, 11) is 0. The van der Waals surface area contributed by atoms with Gasteiger partial charge in [0.1, 0.15) is 0 Å². The number of nitrogens with zero attached hydrogens (tertiary/aromatic N) is 1. The summed E-state index contributed by atoms with van der Waals surface area (Å²) in [6, 6.07) is 16.3. The minimum Gasteiger partial charge on any atom is -0.385 e. The Labute approximate surface area is 166 Å². The first kappa shape index (κ1) is 18.5. The van der Waals surface area contributed by atoms with E-state index in [0.29, 0.717) is 19.5 Å². The predicted octanol–water partition coefficient (Wildman–Crippen LogP) is 3.15. The van der Waals surface area contributed by atoms with Gasteiger partial charge in [-0.25, -0.2) is 0 Å². The number of rotatable bonds is 7. The van der Waals surface area contributed by atoms with Crippen molar-refractivity contribution in [3.8, 4) is 0 Å². The molecular weight excluding hydrogens is 350 g/mol. The van der Waals surface area contributed by atoms with Gasteiger partial charge in [0.05, 0.1) is 5.92 Å². The molecule has 4 rings (SSSR count). The zero-order valence-electron chi connectivity index (χ0n) is 16.1. The molecule has 1 saturated heterocycles. The van der Waals surface area contributed by atoms with Crippen molar-refractivity contribution in [2.24, 2.45) is 5.92 Å². The van der Waals surface area contributed by atoms with Gasteiger partial charge in [0.2, 0.25) is 11.8 Å². The number of anilines is 2. The zero-order valence-corrected chi connectivity index (χ0v) is 16.1. The third-order valence-electron chi connectivity index (χ3n) is 5.65. The van der Waals surface area contributed by atoms with Crippen molar-refractivity contribution in [1.82, 2.24) is 5.32 Å². The van der Waals surface area contributed by atoms with Crippen molar-refractivity contribution >= 4 is 23.2 Å². The summed E-state index contributed by atoms with van der Waals surface area (Å²) >= 11 is 0. The molecule has 1 fully saturated rings. The van der Waals surface area contributed by atoms with Gasteiger partial charge in [0.25, 0.3) is 0 Å². The topological polar surface area (TPSA) is 61.4 Å². The van der Waals surface area contributed by atoms with Gasteiger partial charge in [-0.2, -0.15) is 0 Å². The number of amides is 2. The molecule has 0 aromatic heterocycles. The van der Waals surface area contributed by atoms with Crippen LogP contribution >= 0.6 is 0 Å². The van der Waals surface area contributed by atoms with E-state index in [1.54, 1.807) is 4.90 Å². The van der Waals surface area contributed by atoms with Crippen LogP contribution in [0.25, 0.3) is 0 Å². The smallest absolute Gasteiger partial charge is 0.227 e. The highest BCUT2D eigenvalue weighted by Gasteiger charge is 2.35. The number of fused-ring (bicyclic) bond motifs is 1. The Kier molecular flexibility index (Phi) is 5.60. The second kappa shape index (κ2) is 8.46. The van der Waals surface area contributed by atoms with Gasteiger partial charge in [-0.3, -0.25) is 9.59 Å². The molecule has 0 spiro atoms. The molecule has 5 nitrogen and oxygen atoms in total. The molecule has 0 saturated carbocycles. The Hall–Kier alpha value is -2.82. The molecule has 28 heavy (non-hydrogen) atoms. The van der Waals surface area contributed by atoms with Crippen molar-refractivity contribution in [3.05, 3.63) is 59.7 Å². The summed E-state index contributed by atoms with van der Waals surface area (Å²) in [6.45, 7) is 1.89. The number of benzene rings is 2. The average molecular weight is 377 g/mol. The lowest BCUT2D eigenvalue weighted by Gasteiger charge is -2.18. The monoisotopic (exact) mass is 377 g/mol. The summed E-state index contributed by atoms with van der Waals surface area (Å²) in [5.41, 5.74) is 4.77. The maximum atomic E-state index is 12.5. The number of nitrogens with one attached hydrogen (secondary N) is 2. The second-order valence-corrected chi connectivity index (χ2v) is 7.65. The van der Waals surface area contributed by atoms with Crippen molar-refractivity contribution in [3.63, 3.8) is 0 Å². The molecule has 1 heterocycles. The third kappa shape index (κ3) is 4.19. The first-order valence-electron chi connectivity index (χ1n) is 10.2. The van der Waals surface area contributed by atoms with E-state index in [1.165, 1.54) is 17.5 Å². The van der Waals surface area contributed by atoms with Gasteiger partial charge in [0, 0.05) is 37.4 Å². The fourth-order valence-corrected chi connectivity index (χ4v) is 4.09. The Bertz CT molecular complexity index is 850. The first-order chi connectivity index (χ1) is 13.7. The summed E-state index contributed by atoms with van der Waals surface area (Å²) in [5, 5.41) is 6.32. The van der Waals surface area contributed by atoms with Gasteiger partial charge in [0.15, 0.2) is 0 Å². The van der Waals surface area contributed by atoms with Crippen LogP contribution in [0.2, 0.25) is 0 Å². The number of para-hydroxylation sites is 1. The average Bonchev–Trinajstić information content (AvgIpc) is 3.34. The SMILES string of the molecule is O=C(NCCCNc1ccccc1)C1CC(=O)N(c2ccc3c(c2)CCC3)C1. The number of hydrogen-bond donors (Lipinski definition) is 2. The quantitative estimate of drug-likeness (QED) is 0.729.